The highest BCUT2D eigenvalue weighted by Gasteiger charge is 2.46. The highest BCUT2D eigenvalue weighted by atomic mass is 19.2. The molecule has 128 valence electrons. The minimum Gasteiger partial charge on any atom is -0.480 e. The predicted molar refractivity (Wildman–Crippen MR) is 75.6 cm³/mol. The third-order valence-corrected chi connectivity index (χ3v) is 4.12. The molecule has 1 aliphatic carbocycles. The van der Waals surface area contributed by atoms with Gasteiger partial charge in [-0.1, -0.05) is 6.42 Å². The summed E-state index contributed by atoms with van der Waals surface area (Å²) in [6.45, 7) is 0. The summed E-state index contributed by atoms with van der Waals surface area (Å²) in [6, 6.07) is 1.53. The molecule has 1 aromatic rings. The van der Waals surface area contributed by atoms with Crippen molar-refractivity contribution in [2.24, 2.45) is 0 Å². The molecule has 0 amide bonds. The zero-order chi connectivity index (χ0) is 17.5. The standard InChI is InChI=1S/C15H13F2NO6/c16-11-8(4-5-9(12(11)17)18(21)22)10-13(19)23-15(24-14(10)20)6-2-1-3-7-15/h4-5,19H,1-3,6-7H2. The van der Waals surface area contributed by atoms with Crippen molar-refractivity contribution < 1.29 is 33.1 Å². The number of benzene rings is 1. The molecule has 3 rings (SSSR count). The van der Waals surface area contributed by atoms with E-state index in [4.69, 9.17) is 9.47 Å². The number of carbonyl (C=O) groups is 1. The Morgan fingerprint density at radius 1 is 1.12 bits per heavy atom. The fourth-order valence-corrected chi connectivity index (χ4v) is 2.95. The second-order valence-electron chi connectivity index (χ2n) is 5.66. The van der Waals surface area contributed by atoms with Crippen molar-refractivity contribution in [2.75, 3.05) is 0 Å². The van der Waals surface area contributed by atoms with Gasteiger partial charge in [0.25, 0.3) is 11.7 Å². The molecule has 7 nitrogen and oxygen atoms in total. The number of halogens is 2. The van der Waals surface area contributed by atoms with E-state index in [1.807, 2.05) is 0 Å². The molecule has 0 aromatic heterocycles. The summed E-state index contributed by atoms with van der Waals surface area (Å²) in [4.78, 5) is 21.7. The van der Waals surface area contributed by atoms with Crippen LogP contribution in [0.1, 0.15) is 37.7 Å². The van der Waals surface area contributed by atoms with Crippen LogP contribution in [0.2, 0.25) is 0 Å². The number of aliphatic hydroxyl groups is 1. The molecule has 24 heavy (non-hydrogen) atoms. The van der Waals surface area contributed by atoms with Crippen molar-refractivity contribution in [3.05, 3.63) is 45.4 Å². The van der Waals surface area contributed by atoms with Gasteiger partial charge in [0.05, 0.1) is 4.92 Å². The van der Waals surface area contributed by atoms with E-state index < -0.39 is 51.1 Å². The second kappa shape index (κ2) is 5.73. The van der Waals surface area contributed by atoms with Crippen LogP contribution in [0.25, 0.3) is 5.57 Å². The van der Waals surface area contributed by atoms with Gasteiger partial charge in [-0.15, -0.1) is 0 Å². The van der Waals surface area contributed by atoms with E-state index in [9.17, 15) is 28.8 Å². The Morgan fingerprint density at radius 2 is 1.79 bits per heavy atom. The van der Waals surface area contributed by atoms with Crippen molar-refractivity contribution in [2.45, 2.75) is 37.9 Å². The zero-order valence-electron chi connectivity index (χ0n) is 12.4. The van der Waals surface area contributed by atoms with E-state index in [1.54, 1.807) is 0 Å². The highest BCUT2D eigenvalue weighted by Crippen LogP contribution is 2.41. The maximum Gasteiger partial charge on any atom is 0.349 e. The van der Waals surface area contributed by atoms with E-state index in [1.165, 1.54) is 0 Å². The van der Waals surface area contributed by atoms with E-state index in [0.29, 0.717) is 18.9 Å². The average molecular weight is 341 g/mol. The fourth-order valence-electron chi connectivity index (χ4n) is 2.95. The fraction of sp³-hybridized carbons (Fsp3) is 0.400. The number of rotatable bonds is 2. The number of esters is 1. The molecular weight excluding hydrogens is 328 g/mol. The van der Waals surface area contributed by atoms with E-state index in [-0.39, 0.29) is 0 Å². The molecule has 0 atom stereocenters. The monoisotopic (exact) mass is 341 g/mol. The van der Waals surface area contributed by atoms with Gasteiger partial charge in [0.15, 0.2) is 11.4 Å². The molecule has 1 N–H and O–H groups in total. The van der Waals surface area contributed by atoms with Crippen LogP contribution in [-0.4, -0.2) is 21.8 Å². The Labute approximate surface area is 134 Å². The quantitative estimate of drug-likeness (QED) is 0.503. The van der Waals surface area contributed by atoms with Gasteiger partial charge in [-0.3, -0.25) is 10.1 Å². The first-order chi connectivity index (χ1) is 11.3. The number of hydrogen-bond donors (Lipinski definition) is 1. The van der Waals surface area contributed by atoms with Crippen LogP contribution in [0.3, 0.4) is 0 Å². The van der Waals surface area contributed by atoms with Crippen molar-refractivity contribution in [3.63, 3.8) is 0 Å². The Morgan fingerprint density at radius 3 is 2.38 bits per heavy atom. The van der Waals surface area contributed by atoms with Gasteiger partial charge in [0.2, 0.25) is 5.82 Å². The lowest BCUT2D eigenvalue weighted by Crippen LogP contribution is -2.43. The van der Waals surface area contributed by atoms with E-state index in [2.05, 4.69) is 0 Å². The zero-order valence-corrected chi connectivity index (χ0v) is 12.4. The van der Waals surface area contributed by atoms with Crippen molar-refractivity contribution in [1.82, 2.24) is 0 Å². The average Bonchev–Trinajstić information content (AvgIpc) is 2.51. The summed E-state index contributed by atoms with van der Waals surface area (Å²) in [6.07, 6.45) is 3.16. The lowest BCUT2D eigenvalue weighted by molar-refractivity contribution is -0.387. The first-order valence-electron chi connectivity index (χ1n) is 7.33. The molecule has 0 radical (unpaired) electrons. The summed E-state index contributed by atoms with van der Waals surface area (Å²) in [5, 5.41) is 20.7. The number of nitrogens with zero attached hydrogens (tertiary/aromatic N) is 1. The SMILES string of the molecule is O=C1OC2(CCCCC2)OC(O)=C1c1ccc([N+](=O)[O-])c(F)c1F. The molecule has 0 unspecified atom stereocenters. The van der Waals surface area contributed by atoms with Crippen LogP contribution in [-0.2, 0) is 14.3 Å². The molecule has 1 aliphatic heterocycles. The van der Waals surface area contributed by atoms with Crippen molar-refractivity contribution >= 4 is 17.2 Å². The minimum absolute atomic E-state index is 0.382. The molecule has 1 fully saturated rings. The molecule has 1 saturated carbocycles. The van der Waals surface area contributed by atoms with Crippen LogP contribution in [0.4, 0.5) is 14.5 Å². The van der Waals surface area contributed by atoms with Crippen LogP contribution in [0.15, 0.2) is 18.1 Å². The van der Waals surface area contributed by atoms with Gasteiger partial charge >= 0.3 is 11.7 Å². The molecule has 9 heteroatoms. The summed E-state index contributed by atoms with van der Waals surface area (Å²) in [7, 11) is 0. The number of ether oxygens (including phenoxy) is 2. The summed E-state index contributed by atoms with van der Waals surface area (Å²) < 4.78 is 38.4. The van der Waals surface area contributed by atoms with Crippen molar-refractivity contribution in [1.29, 1.82) is 0 Å². The first kappa shape index (κ1) is 16.2. The topological polar surface area (TPSA) is 98.9 Å². The van der Waals surface area contributed by atoms with Crippen LogP contribution < -0.4 is 0 Å². The Balaban J connectivity index is 2.03. The Kier molecular flexibility index (Phi) is 3.86. The summed E-state index contributed by atoms with van der Waals surface area (Å²) in [5.41, 5.74) is -2.44. The molecular formula is C15H13F2NO6. The van der Waals surface area contributed by atoms with E-state index >= 15 is 0 Å². The van der Waals surface area contributed by atoms with Crippen LogP contribution >= 0.6 is 0 Å². The van der Waals surface area contributed by atoms with Gasteiger partial charge in [0, 0.05) is 24.5 Å². The summed E-state index contributed by atoms with van der Waals surface area (Å²) >= 11 is 0. The van der Waals surface area contributed by atoms with Gasteiger partial charge in [-0.2, -0.15) is 4.39 Å². The van der Waals surface area contributed by atoms with Crippen LogP contribution in [0, 0.1) is 21.7 Å². The lowest BCUT2D eigenvalue weighted by atomic mass is 9.93. The highest BCUT2D eigenvalue weighted by molar-refractivity contribution is 6.17. The summed E-state index contributed by atoms with van der Waals surface area (Å²) in [5.74, 6) is -6.60. The number of nitro groups is 1. The lowest BCUT2D eigenvalue weighted by Gasteiger charge is -2.39. The molecule has 1 aromatic carbocycles. The smallest absolute Gasteiger partial charge is 0.349 e. The second-order valence-corrected chi connectivity index (χ2v) is 5.66. The molecule has 2 aliphatic rings. The maximum absolute atomic E-state index is 14.1. The Hall–Kier alpha value is -2.71. The predicted octanol–water partition coefficient (Wildman–Crippen LogP) is 3.33. The molecule has 1 spiro atoms. The third-order valence-electron chi connectivity index (χ3n) is 4.12. The van der Waals surface area contributed by atoms with Gasteiger partial charge in [-0.05, 0) is 18.9 Å². The number of carbonyl (C=O) groups excluding carboxylic acids is 1. The first-order valence-corrected chi connectivity index (χ1v) is 7.33. The number of hydrogen-bond acceptors (Lipinski definition) is 6. The van der Waals surface area contributed by atoms with Gasteiger partial charge in [0.1, 0.15) is 0 Å². The van der Waals surface area contributed by atoms with Gasteiger partial charge < -0.3 is 14.6 Å². The van der Waals surface area contributed by atoms with Gasteiger partial charge in [-0.25, -0.2) is 9.18 Å². The maximum atomic E-state index is 14.1. The van der Waals surface area contributed by atoms with Crippen molar-refractivity contribution in [3.8, 4) is 0 Å². The molecule has 1 heterocycles. The molecule has 0 saturated heterocycles. The normalized spacial score (nSPS) is 19.8. The molecule has 0 bridgehead atoms. The third kappa shape index (κ3) is 2.55. The number of nitro benzene ring substituents is 1. The van der Waals surface area contributed by atoms with Crippen LogP contribution in [0.5, 0.6) is 0 Å². The largest absolute Gasteiger partial charge is 0.480 e. The number of aliphatic hydroxyl groups excluding tert-OH is 1. The Bertz CT molecular complexity index is 755. The van der Waals surface area contributed by atoms with E-state index in [0.717, 1.165) is 25.3 Å². The minimum atomic E-state index is -1.73.